The fraction of sp³-hybridized carbons (Fsp3) is 0.500. The van der Waals surface area contributed by atoms with Crippen LogP contribution in [-0.2, 0) is 24.2 Å². The third-order valence-electron chi connectivity index (χ3n) is 5.75. The molecule has 0 radical (unpaired) electrons. The molecular formula is C22H28N4O2. The Morgan fingerprint density at radius 3 is 2.96 bits per heavy atom. The number of aryl methyl sites for hydroxylation is 1. The number of amides is 1. The van der Waals surface area contributed by atoms with Crippen molar-refractivity contribution < 1.29 is 9.53 Å². The highest BCUT2D eigenvalue weighted by Crippen LogP contribution is 2.26. The first kappa shape index (κ1) is 18.7. The molecule has 0 saturated carbocycles. The van der Waals surface area contributed by atoms with E-state index in [9.17, 15) is 4.79 Å². The van der Waals surface area contributed by atoms with Gasteiger partial charge in [0, 0.05) is 37.4 Å². The van der Waals surface area contributed by atoms with Gasteiger partial charge in [0.05, 0.1) is 7.11 Å². The minimum absolute atomic E-state index is 0.0115. The van der Waals surface area contributed by atoms with Crippen molar-refractivity contribution in [3.8, 4) is 5.75 Å². The van der Waals surface area contributed by atoms with Crippen LogP contribution in [0.3, 0.4) is 0 Å². The molecule has 28 heavy (non-hydrogen) atoms. The fourth-order valence-electron chi connectivity index (χ4n) is 4.08. The van der Waals surface area contributed by atoms with E-state index in [-0.39, 0.29) is 11.8 Å². The van der Waals surface area contributed by atoms with Gasteiger partial charge in [0.25, 0.3) is 0 Å². The summed E-state index contributed by atoms with van der Waals surface area (Å²) in [5.74, 6) is 1.76. The monoisotopic (exact) mass is 380 g/mol. The number of carbonyl (C=O) groups excluding carboxylic acids is 1. The summed E-state index contributed by atoms with van der Waals surface area (Å²) >= 11 is 0. The molecule has 1 aliphatic heterocycles. The zero-order valence-electron chi connectivity index (χ0n) is 16.5. The predicted molar refractivity (Wildman–Crippen MR) is 108 cm³/mol. The second kappa shape index (κ2) is 8.59. The van der Waals surface area contributed by atoms with Gasteiger partial charge in [-0.1, -0.05) is 12.1 Å². The summed E-state index contributed by atoms with van der Waals surface area (Å²) in [7, 11) is 1.65. The maximum absolute atomic E-state index is 12.7. The number of carbonyl (C=O) groups is 1. The molecular weight excluding hydrogens is 352 g/mol. The van der Waals surface area contributed by atoms with Gasteiger partial charge in [0.15, 0.2) is 0 Å². The summed E-state index contributed by atoms with van der Waals surface area (Å²) in [5.41, 5.74) is 3.28. The quantitative estimate of drug-likeness (QED) is 0.864. The minimum atomic E-state index is -0.0115. The lowest BCUT2D eigenvalue weighted by atomic mass is 9.86. The van der Waals surface area contributed by atoms with Gasteiger partial charge in [-0.3, -0.25) is 4.79 Å². The van der Waals surface area contributed by atoms with E-state index in [0.717, 1.165) is 60.9 Å². The van der Waals surface area contributed by atoms with Crippen LogP contribution < -0.4 is 15.0 Å². The number of benzene rings is 1. The average Bonchev–Trinajstić information content (AvgIpc) is 2.77. The number of hydrogen-bond donors (Lipinski definition) is 1. The van der Waals surface area contributed by atoms with Gasteiger partial charge >= 0.3 is 0 Å². The Hall–Kier alpha value is -2.63. The molecule has 6 heteroatoms. The van der Waals surface area contributed by atoms with Crippen molar-refractivity contribution in [3.05, 3.63) is 47.3 Å². The van der Waals surface area contributed by atoms with Gasteiger partial charge in [0.1, 0.15) is 5.75 Å². The molecule has 0 unspecified atom stereocenters. The Labute approximate surface area is 166 Å². The molecule has 0 bridgehead atoms. The first-order valence-electron chi connectivity index (χ1n) is 10.2. The molecule has 1 aromatic heterocycles. The van der Waals surface area contributed by atoms with E-state index in [4.69, 9.17) is 9.72 Å². The Bertz CT molecular complexity index is 833. The van der Waals surface area contributed by atoms with E-state index >= 15 is 0 Å². The van der Waals surface area contributed by atoms with E-state index in [1.165, 1.54) is 19.3 Å². The van der Waals surface area contributed by atoms with E-state index in [1.807, 2.05) is 30.5 Å². The fourth-order valence-corrected chi connectivity index (χ4v) is 4.08. The maximum atomic E-state index is 12.7. The van der Waals surface area contributed by atoms with Gasteiger partial charge < -0.3 is 15.0 Å². The lowest BCUT2D eigenvalue weighted by molar-refractivity contribution is -0.125. The summed E-state index contributed by atoms with van der Waals surface area (Å²) < 4.78 is 5.24. The van der Waals surface area contributed by atoms with E-state index in [0.29, 0.717) is 6.54 Å². The first-order valence-corrected chi connectivity index (χ1v) is 10.2. The number of nitrogens with one attached hydrogen (secondary N) is 1. The molecule has 4 rings (SSSR count). The van der Waals surface area contributed by atoms with E-state index in [1.54, 1.807) is 7.11 Å². The van der Waals surface area contributed by atoms with Crippen LogP contribution in [0.25, 0.3) is 0 Å². The molecule has 1 fully saturated rings. The van der Waals surface area contributed by atoms with Crippen LogP contribution in [-0.4, -0.2) is 36.1 Å². The second-order valence-corrected chi connectivity index (χ2v) is 7.70. The lowest BCUT2D eigenvalue weighted by Gasteiger charge is -2.28. The Balaban J connectivity index is 1.36. The third kappa shape index (κ3) is 4.26. The number of hydrogen-bond acceptors (Lipinski definition) is 5. The Morgan fingerprint density at radius 2 is 2.14 bits per heavy atom. The van der Waals surface area contributed by atoms with Gasteiger partial charge in [0.2, 0.25) is 11.9 Å². The molecule has 1 aromatic carbocycles. The minimum Gasteiger partial charge on any atom is -0.497 e. The number of nitrogens with zero attached hydrogens (tertiary/aromatic N) is 3. The lowest BCUT2D eigenvalue weighted by Crippen LogP contribution is -2.35. The van der Waals surface area contributed by atoms with Gasteiger partial charge in [-0.15, -0.1) is 0 Å². The summed E-state index contributed by atoms with van der Waals surface area (Å²) in [5, 5.41) is 3.07. The number of ether oxygens (including phenoxy) is 1. The van der Waals surface area contributed by atoms with Crippen molar-refractivity contribution in [2.75, 3.05) is 25.1 Å². The highest BCUT2D eigenvalue weighted by atomic mass is 16.5. The zero-order chi connectivity index (χ0) is 19.3. The van der Waals surface area contributed by atoms with Crippen molar-refractivity contribution in [1.29, 1.82) is 0 Å². The smallest absolute Gasteiger partial charge is 0.225 e. The molecule has 1 aliphatic carbocycles. The van der Waals surface area contributed by atoms with Crippen LogP contribution >= 0.6 is 0 Å². The van der Waals surface area contributed by atoms with Crippen molar-refractivity contribution in [2.24, 2.45) is 5.92 Å². The topological polar surface area (TPSA) is 67.3 Å². The van der Waals surface area contributed by atoms with Gasteiger partial charge in [-0.05, 0) is 61.8 Å². The zero-order valence-corrected chi connectivity index (χ0v) is 16.5. The van der Waals surface area contributed by atoms with Crippen LogP contribution in [0.1, 0.15) is 42.5 Å². The van der Waals surface area contributed by atoms with E-state index < -0.39 is 0 Å². The normalized spacial score (nSPS) is 19.0. The van der Waals surface area contributed by atoms with Crippen LogP contribution in [0, 0.1) is 5.92 Å². The number of aromatic nitrogens is 2. The molecule has 1 amide bonds. The van der Waals surface area contributed by atoms with Crippen molar-refractivity contribution >= 4 is 11.9 Å². The van der Waals surface area contributed by atoms with Crippen molar-refractivity contribution in [1.82, 2.24) is 15.3 Å². The van der Waals surface area contributed by atoms with Crippen LogP contribution in [0.15, 0.2) is 30.5 Å². The first-order chi connectivity index (χ1) is 13.7. The SMILES string of the molecule is COc1cccc(CNC(=O)[C@@H]2CCc3nc(N4CCCCC4)ncc3C2)c1. The highest BCUT2D eigenvalue weighted by molar-refractivity contribution is 5.79. The number of anilines is 1. The molecule has 6 nitrogen and oxygen atoms in total. The third-order valence-corrected chi connectivity index (χ3v) is 5.75. The van der Waals surface area contributed by atoms with Crippen LogP contribution in [0.4, 0.5) is 5.95 Å². The van der Waals surface area contributed by atoms with Crippen LogP contribution in [0.2, 0.25) is 0 Å². The largest absolute Gasteiger partial charge is 0.497 e. The molecule has 148 valence electrons. The van der Waals surface area contributed by atoms with Crippen molar-refractivity contribution in [3.63, 3.8) is 0 Å². The molecule has 0 spiro atoms. The average molecular weight is 380 g/mol. The summed E-state index contributed by atoms with van der Waals surface area (Å²) in [6.45, 7) is 2.62. The Kier molecular flexibility index (Phi) is 5.74. The van der Waals surface area contributed by atoms with E-state index in [2.05, 4.69) is 15.2 Å². The second-order valence-electron chi connectivity index (χ2n) is 7.70. The molecule has 2 aromatic rings. The summed E-state index contributed by atoms with van der Waals surface area (Å²) in [6, 6.07) is 7.79. The van der Waals surface area contributed by atoms with Gasteiger partial charge in [-0.2, -0.15) is 0 Å². The number of methoxy groups -OCH3 is 1. The van der Waals surface area contributed by atoms with Crippen LogP contribution in [0.5, 0.6) is 5.75 Å². The predicted octanol–water partition coefficient (Wildman–Crippen LogP) is 2.90. The molecule has 2 heterocycles. The number of rotatable bonds is 5. The number of piperidine rings is 1. The standard InChI is InChI=1S/C22H28N4O2/c1-28-19-7-5-6-16(12-19)14-23-21(27)17-8-9-20-18(13-17)15-24-22(25-20)26-10-3-2-4-11-26/h5-7,12,15,17H,2-4,8-11,13-14H2,1H3,(H,23,27)/t17-/m1/s1. The summed E-state index contributed by atoms with van der Waals surface area (Å²) in [6.07, 6.45) is 8.08. The summed E-state index contributed by atoms with van der Waals surface area (Å²) in [4.78, 5) is 24.4. The molecule has 1 N–H and O–H groups in total. The highest BCUT2D eigenvalue weighted by Gasteiger charge is 2.26. The Morgan fingerprint density at radius 1 is 1.29 bits per heavy atom. The van der Waals surface area contributed by atoms with Crippen molar-refractivity contribution in [2.45, 2.75) is 45.1 Å². The molecule has 1 saturated heterocycles. The maximum Gasteiger partial charge on any atom is 0.225 e. The molecule has 2 aliphatic rings. The van der Waals surface area contributed by atoms with Gasteiger partial charge in [-0.25, -0.2) is 9.97 Å². The number of fused-ring (bicyclic) bond motifs is 1. The molecule has 1 atom stereocenters.